The fourth-order valence-corrected chi connectivity index (χ4v) is 3.82. The number of aryl methyl sites for hydroxylation is 1. The number of hydrogen-bond acceptors (Lipinski definition) is 4. The Morgan fingerprint density at radius 2 is 1.59 bits per heavy atom. The lowest BCUT2D eigenvalue weighted by molar-refractivity contribution is 0.288. The highest BCUT2D eigenvalue weighted by atomic mass is 79.9. The quantitative estimate of drug-likeness (QED) is 0.395. The molecule has 0 N–H and O–H groups in total. The summed E-state index contributed by atoms with van der Waals surface area (Å²) in [7, 11) is 0. The number of ether oxygens (including phenoxy) is 2. The molecule has 0 saturated carbocycles. The van der Waals surface area contributed by atoms with Crippen molar-refractivity contribution in [3.8, 4) is 11.5 Å². The standard InChI is InChI=1S/C21H22BrN3O2/c1-4-9-25-17-8-7-13(22)10-14(17)20-21(25)24-16-12-19(27-6-3)18(26-5-2)11-15(16)23-20/h7-8,10-12H,4-6,9H2,1-3H3. The second-order valence-electron chi connectivity index (χ2n) is 6.36. The maximum Gasteiger partial charge on any atom is 0.163 e. The van der Waals surface area contributed by atoms with Crippen LogP contribution >= 0.6 is 15.9 Å². The van der Waals surface area contributed by atoms with Crippen molar-refractivity contribution < 1.29 is 9.47 Å². The summed E-state index contributed by atoms with van der Waals surface area (Å²) in [6.07, 6.45) is 1.03. The van der Waals surface area contributed by atoms with Crippen molar-refractivity contribution in [2.75, 3.05) is 13.2 Å². The van der Waals surface area contributed by atoms with Gasteiger partial charge in [-0.2, -0.15) is 0 Å². The number of halogens is 1. The lowest BCUT2D eigenvalue weighted by Gasteiger charge is -2.12. The molecule has 140 valence electrons. The van der Waals surface area contributed by atoms with Gasteiger partial charge in [0, 0.05) is 28.5 Å². The van der Waals surface area contributed by atoms with Gasteiger partial charge in [0.2, 0.25) is 0 Å². The van der Waals surface area contributed by atoms with Gasteiger partial charge in [-0.15, -0.1) is 0 Å². The van der Waals surface area contributed by atoms with Crippen LogP contribution in [0.1, 0.15) is 27.2 Å². The minimum absolute atomic E-state index is 0.573. The first kappa shape index (κ1) is 18.0. The van der Waals surface area contributed by atoms with Crippen LogP contribution < -0.4 is 9.47 Å². The van der Waals surface area contributed by atoms with Gasteiger partial charge in [-0.05, 0) is 38.5 Å². The summed E-state index contributed by atoms with van der Waals surface area (Å²) in [5.74, 6) is 1.42. The Morgan fingerprint density at radius 1 is 0.926 bits per heavy atom. The molecule has 0 radical (unpaired) electrons. The summed E-state index contributed by atoms with van der Waals surface area (Å²) >= 11 is 3.58. The van der Waals surface area contributed by atoms with Gasteiger partial charge in [0.05, 0.1) is 29.8 Å². The van der Waals surface area contributed by atoms with Crippen LogP contribution in [0, 0.1) is 0 Å². The summed E-state index contributed by atoms with van der Waals surface area (Å²) in [5, 5.41) is 1.11. The van der Waals surface area contributed by atoms with Crippen molar-refractivity contribution >= 4 is 49.0 Å². The molecule has 2 heterocycles. The molecule has 5 nitrogen and oxygen atoms in total. The van der Waals surface area contributed by atoms with E-state index in [1.807, 2.05) is 26.0 Å². The average Bonchev–Trinajstić information content (AvgIpc) is 2.94. The second-order valence-corrected chi connectivity index (χ2v) is 7.28. The molecule has 6 heteroatoms. The minimum atomic E-state index is 0.573. The van der Waals surface area contributed by atoms with Crippen LogP contribution in [0.2, 0.25) is 0 Å². The highest BCUT2D eigenvalue weighted by molar-refractivity contribution is 9.10. The molecular weight excluding hydrogens is 406 g/mol. The number of fused-ring (bicyclic) bond motifs is 4. The van der Waals surface area contributed by atoms with E-state index in [-0.39, 0.29) is 0 Å². The Labute approximate surface area is 166 Å². The highest BCUT2D eigenvalue weighted by Crippen LogP contribution is 2.35. The molecule has 2 aromatic carbocycles. The van der Waals surface area contributed by atoms with Gasteiger partial charge < -0.3 is 14.0 Å². The monoisotopic (exact) mass is 427 g/mol. The molecule has 27 heavy (non-hydrogen) atoms. The van der Waals surface area contributed by atoms with Crippen molar-refractivity contribution in [3.05, 3.63) is 34.8 Å². The fourth-order valence-electron chi connectivity index (χ4n) is 3.46. The van der Waals surface area contributed by atoms with Gasteiger partial charge >= 0.3 is 0 Å². The van der Waals surface area contributed by atoms with Gasteiger partial charge in [0.15, 0.2) is 17.1 Å². The molecular formula is C21H22BrN3O2. The van der Waals surface area contributed by atoms with E-state index < -0.39 is 0 Å². The van der Waals surface area contributed by atoms with Crippen LogP contribution in [0.4, 0.5) is 0 Å². The Kier molecular flexibility index (Phi) is 4.91. The number of rotatable bonds is 6. The molecule has 0 fully saturated rings. The first-order valence-corrected chi connectivity index (χ1v) is 10.1. The third kappa shape index (κ3) is 3.12. The molecule has 0 aliphatic heterocycles. The first-order chi connectivity index (χ1) is 13.2. The van der Waals surface area contributed by atoms with Gasteiger partial charge in [0.25, 0.3) is 0 Å². The number of aromatic nitrogens is 3. The zero-order valence-electron chi connectivity index (χ0n) is 15.8. The fraction of sp³-hybridized carbons (Fsp3) is 0.333. The van der Waals surface area contributed by atoms with Crippen molar-refractivity contribution in [2.45, 2.75) is 33.7 Å². The van der Waals surface area contributed by atoms with Crippen LogP contribution in [0.3, 0.4) is 0 Å². The van der Waals surface area contributed by atoms with E-state index in [4.69, 9.17) is 19.4 Å². The topological polar surface area (TPSA) is 49.2 Å². The predicted octanol–water partition coefficient (Wildman–Crippen LogP) is 5.71. The van der Waals surface area contributed by atoms with Gasteiger partial charge in [-0.25, -0.2) is 9.97 Å². The maximum absolute atomic E-state index is 5.76. The molecule has 0 spiro atoms. The molecule has 0 bridgehead atoms. The average molecular weight is 428 g/mol. The Hall–Kier alpha value is -2.34. The Morgan fingerprint density at radius 3 is 2.22 bits per heavy atom. The van der Waals surface area contributed by atoms with Crippen LogP contribution in [0.25, 0.3) is 33.1 Å². The van der Waals surface area contributed by atoms with Crippen LogP contribution in [0.15, 0.2) is 34.8 Å². The number of benzene rings is 2. The molecule has 0 aliphatic carbocycles. The normalized spacial score (nSPS) is 11.6. The Balaban J connectivity index is 2.06. The third-order valence-electron chi connectivity index (χ3n) is 4.52. The third-order valence-corrected chi connectivity index (χ3v) is 5.01. The van der Waals surface area contributed by atoms with E-state index in [9.17, 15) is 0 Å². The smallest absolute Gasteiger partial charge is 0.163 e. The van der Waals surface area contributed by atoms with Crippen LogP contribution in [-0.4, -0.2) is 27.7 Å². The summed E-state index contributed by atoms with van der Waals surface area (Å²) in [5.41, 5.74) is 4.60. The maximum atomic E-state index is 5.76. The summed E-state index contributed by atoms with van der Waals surface area (Å²) in [4.78, 5) is 9.91. The first-order valence-electron chi connectivity index (χ1n) is 9.35. The molecule has 0 unspecified atom stereocenters. The zero-order chi connectivity index (χ0) is 19.0. The molecule has 0 saturated heterocycles. The molecule has 4 rings (SSSR count). The highest BCUT2D eigenvalue weighted by Gasteiger charge is 2.16. The zero-order valence-corrected chi connectivity index (χ0v) is 17.3. The van der Waals surface area contributed by atoms with E-state index in [1.54, 1.807) is 0 Å². The van der Waals surface area contributed by atoms with E-state index >= 15 is 0 Å². The van der Waals surface area contributed by atoms with Crippen LogP contribution in [0.5, 0.6) is 11.5 Å². The Bertz CT molecular complexity index is 1140. The summed E-state index contributed by atoms with van der Waals surface area (Å²) in [6.45, 7) is 8.15. The van der Waals surface area contributed by atoms with Crippen molar-refractivity contribution in [1.29, 1.82) is 0 Å². The van der Waals surface area contributed by atoms with Gasteiger partial charge in [-0.3, -0.25) is 0 Å². The molecule has 0 atom stereocenters. The molecule has 2 aromatic heterocycles. The second kappa shape index (κ2) is 7.35. The van der Waals surface area contributed by atoms with Gasteiger partial charge in [-0.1, -0.05) is 22.9 Å². The number of hydrogen-bond donors (Lipinski definition) is 0. The van der Waals surface area contributed by atoms with Crippen molar-refractivity contribution in [2.24, 2.45) is 0 Å². The minimum Gasteiger partial charge on any atom is -0.490 e. The SMILES string of the molecule is CCCn1c2ccc(Br)cc2c2nc3cc(OCC)c(OCC)cc3nc21. The van der Waals surface area contributed by atoms with E-state index in [0.29, 0.717) is 24.7 Å². The van der Waals surface area contributed by atoms with Crippen LogP contribution in [-0.2, 0) is 6.54 Å². The summed E-state index contributed by atoms with van der Waals surface area (Å²) in [6, 6.07) is 10.2. The molecule has 4 aromatic rings. The predicted molar refractivity (Wildman–Crippen MR) is 113 cm³/mol. The van der Waals surface area contributed by atoms with E-state index in [2.05, 4.69) is 45.6 Å². The van der Waals surface area contributed by atoms with Crippen molar-refractivity contribution in [3.63, 3.8) is 0 Å². The van der Waals surface area contributed by atoms with E-state index in [0.717, 1.165) is 50.5 Å². The van der Waals surface area contributed by atoms with Gasteiger partial charge in [0.1, 0.15) is 5.52 Å². The molecule has 0 aliphatic rings. The van der Waals surface area contributed by atoms with Crippen molar-refractivity contribution in [1.82, 2.24) is 14.5 Å². The largest absolute Gasteiger partial charge is 0.490 e. The van der Waals surface area contributed by atoms with E-state index in [1.165, 1.54) is 0 Å². The summed E-state index contributed by atoms with van der Waals surface area (Å²) < 4.78 is 14.8. The molecule has 0 amide bonds. The lowest BCUT2D eigenvalue weighted by Crippen LogP contribution is -2.01. The number of nitrogens with zero attached hydrogens (tertiary/aromatic N) is 3. The lowest BCUT2D eigenvalue weighted by atomic mass is 10.2.